The number of hydrogen-bond acceptors (Lipinski definition) is 3. The topological polar surface area (TPSA) is 45.8 Å². The summed E-state index contributed by atoms with van der Waals surface area (Å²) in [4.78, 5) is 12.1. The molecule has 0 amide bonds. The Hall–Kier alpha value is -0.870. The second-order valence-corrected chi connectivity index (χ2v) is 3.43. The predicted molar refractivity (Wildman–Crippen MR) is 44.2 cm³/mol. The number of aromatic nitrogens is 2. The van der Waals surface area contributed by atoms with Crippen molar-refractivity contribution in [2.24, 2.45) is 0 Å². The average molecular weight is 187 g/mol. The zero-order valence-corrected chi connectivity index (χ0v) is 6.87. The molecule has 0 aliphatic rings. The van der Waals surface area contributed by atoms with Gasteiger partial charge in [0.1, 0.15) is 4.83 Å². The Kier molecular flexibility index (Phi) is 1.44. The van der Waals surface area contributed by atoms with Crippen LogP contribution in [0.15, 0.2) is 12.3 Å². The summed E-state index contributed by atoms with van der Waals surface area (Å²) in [5.74, 6) is 0. The number of hydrogen-bond donors (Lipinski definition) is 1. The van der Waals surface area contributed by atoms with E-state index in [0.29, 0.717) is 4.88 Å². The quantitative estimate of drug-likeness (QED) is 0.693. The maximum Gasteiger partial charge on any atom is 0.262 e. The van der Waals surface area contributed by atoms with Gasteiger partial charge in [0.15, 0.2) is 0 Å². The Balaban J connectivity index is 2.67. The molecular formula is C6H3ClN2OS. The first-order chi connectivity index (χ1) is 5.27. The van der Waals surface area contributed by atoms with Gasteiger partial charge in [-0.3, -0.25) is 9.89 Å². The van der Waals surface area contributed by atoms with Crippen LogP contribution in [0.2, 0.25) is 0 Å². The van der Waals surface area contributed by atoms with E-state index in [1.807, 2.05) is 0 Å². The Bertz CT molecular complexity index is 377. The van der Waals surface area contributed by atoms with Gasteiger partial charge in [-0.05, 0) is 17.7 Å². The van der Waals surface area contributed by atoms with E-state index < -0.39 is 5.24 Å². The number of nitrogens with zero attached hydrogens (tertiary/aromatic N) is 1. The first-order valence-electron chi connectivity index (χ1n) is 2.90. The summed E-state index contributed by atoms with van der Waals surface area (Å²) in [6, 6.07) is 1.72. The van der Waals surface area contributed by atoms with Gasteiger partial charge in [0.05, 0.1) is 11.1 Å². The molecule has 0 saturated heterocycles. The van der Waals surface area contributed by atoms with Gasteiger partial charge in [-0.15, -0.1) is 11.3 Å². The lowest BCUT2D eigenvalue weighted by Crippen LogP contribution is -1.79. The first-order valence-corrected chi connectivity index (χ1v) is 4.09. The molecular weight excluding hydrogens is 184 g/mol. The van der Waals surface area contributed by atoms with E-state index in [-0.39, 0.29) is 0 Å². The highest BCUT2D eigenvalue weighted by molar-refractivity contribution is 7.21. The van der Waals surface area contributed by atoms with Crippen molar-refractivity contribution in [3.63, 3.8) is 0 Å². The Labute approximate surface area is 71.0 Å². The first kappa shape index (κ1) is 6.82. The maximum atomic E-state index is 10.7. The van der Waals surface area contributed by atoms with Crippen LogP contribution in [0.25, 0.3) is 10.2 Å². The zero-order chi connectivity index (χ0) is 7.84. The van der Waals surface area contributed by atoms with E-state index in [0.717, 1.165) is 10.2 Å². The molecule has 0 atom stereocenters. The molecule has 1 N–H and O–H groups in total. The molecule has 0 unspecified atom stereocenters. The van der Waals surface area contributed by atoms with Crippen LogP contribution < -0.4 is 0 Å². The number of H-pyrrole nitrogens is 1. The number of thiophene rings is 1. The molecule has 0 fully saturated rings. The summed E-state index contributed by atoms with van der Waals surface area (Å²) in [6.07, 6.45) is 1.66. The Morgan fingerprint density at radius 3 is 3.18 bits per heavy atom. The second kappa shape index (κ2) is 2.32. The van der Waals surface area contributed by atoms with Gasteiger partial charge in [0.2, 0.25) is 0 Å². The third kappa shape index (κ3) is 1.04. The largest absolute Gasteiger partial charge is 0.275 e. The Morgan fingerprint density at radius 2 is 2.55 bits per heavy atom. The molecule has 0 aliphatic heterocycles. The highest BCUT2D eigenvalue weighted by Gasteiger charge is 2.07. The summed E-state index contributed by atoms with van der Waals surface area (Å²) in [6.45, 7) is 0. The summed E-state index contributed by atoms with van der Waals surface area (Å²) in [5, 5.41) is 7.06. The number of rotatable bonds is 1. The molecule has 0 spiro atoms. The minimum Gasteiger partial charge on any atom is -0.275 e. The second-order valence-electron chi connectivity index (χ2n) is 2.04. The molecule has 2 aromatic heterocycles. The summed E-state index contributed by atoms with van der Waals surface area (Å²) >= 11 is 6.58. The van der Waals surface area contributed by atoms with Crippen LogP contribution in [-0.2, 0) is 0 Å². The standard InChI is InChI=1S/C6H3ClN2OS/c7-5(10)4-1-3-2-8-9-6(3)11-4/h1-2H,(H,8,9). The van der Waals surface area contributed by atoms with Crippen molar-refractivity contribution < 1.29 is 4.79 Å². The lowest BCUT2D eigenvalue weighted by Gasteiger charge is -1.78. The minimum atomic E-state index is -0.417. The Morgan fingerprint density at radius 1 is 1.73 bits per heavy atom. The molecule has 0 saturated carbocycles. The fraction of sp³-hybridized carbons (Fsp3) is 0. The molecule has 11 heavy (non-hydrogen) atoms. The van der Waals surface area contributed by atoms with Crippen LogP contribution in [0, 0.1) is 0 Å². The number of halogens is 1. The van der Waals surface area contributed by atoms with Gasteiger partial charge >= 0.3 is 0 Å². The smallest absolute Gasteiger partial charge is 0.262 e. The van der Waals surface area contributed by atoms with Gasteiger partial charge in [0.25, 0.3) is 5.24 Å². The zero-order valence-electron chi connectivity index (χ0n) is 5.30. The fourth-order valence-corrected chi connectivity index (χ4v) is 1.83. The average Bonchev–Trinajstić information content (AvgIpc) is 2.40. The van der Waals surface area contributed by atoms with Gasteiger partial charge in [-0.2, -0.15) is 5.10 Å². The van der Waals surface area contributed by atoms with Crippen molar-refractivity contribution >= 4 is 38.4 Å². The van der Waals surface area contributed by atoms with Crippen LogP contribution in [0.4, 0.5) is 0 Å². The number of carbonyl (C=O) groups excluding carboxylic acids is 1. The molecule has 0 radical (unpaired) electrons. The number of nitrogens with one attached hydrogen (secondary N) is 1. The lowest BCUT2D eigenvalue weighted by atomic mass is 10.4. The SMILES string of the molecule is O=C(Cl)c1cc2cn[nH]c2s1. The third-order valence-electron chi connectivity index (χ3n) is 1.32. The van der Waals surface area contributed by atoms with Crippen molar-refractivity contribution in [2.75, 3.05) is 0 Å². The van der Waals surface area contributed by atoms with E-state index in [4.69, 9.17) is 11.6 Å². The fourth-order valence-electron chi connectivity index (χ4n) is 0.846. The molecule has 56 valence electrons. The molecule has 0 bridgehead atoms. The molecule has 0 aliphatic carbocycles. The molecule has 5 heteroatoms. The van der Waals surface area contributed by atoms with Crippen LogP contribution >= 0.6 is 22.9 Å². The van der Waals surface area contributed by atoms with Crippen molar-refractivity contribution in [3.8, 4) is 0 Å². The summed E-state index contributed by atoms with van der Waals surface area (Å²) in [5.41, 5.74) is 0. The number of fused-ring (bicyclic) bond motifs is 1. The van der Waals surface area contributed by atoms with Crippen LogP contribution in [0.5, 0.6) is 0 Å². The van der Waals surface area contributed by atoms with E-state index in [2.05, 4.69) is 10.2 Å². The van der Waals surface area contributed by atoms with Crippen molar-refractivity contribution in [1.82, 2.24) is 10.2 Å². The van der Waals surface area contributed by atoms with Gasteiger partial charge < -0.3 is 0 Å². The van der Waals surface area contributed by atoms with E-state index in [1.165, 1.54) is 11.3 Å². The normalized spacial score (nSPS) is 10.6. The van der Waals surface area contributed by atoms with Crippen molar-refractivity contribution in [2.45, 2.75) is 0 Å². The maximum absolute atomic E-state index is 10.7. The number of carbonyl (C=O) groups is 1. The van der Waals surface area contributed by atoms with Crippen LogP contribution in [0.3, 0.4) is 0 Å². The third-order valence-corrected chi connectivity index (χ3v) is 2.69. The molecule has 2 heterocycles. The van der Waals surface area contributed by atoms with Crippen molar-refractivity contribution in [1.29, 1.82) is 0 Å². The summed E-state index contributed by atoms with van der Waals surface area (Å²) in [7, 11) is 0. The molecule has 2 aromatic rings. The highest BCUT2D eigenvalue weighted by atomic mass is 35.5. The number of aromatic amines is 1. The van der Waals surface area contributed by atoms with E-state index >= 15 is 0 Å². The van der Waals surface area contributed by atoms with E-state index in [9.17, 15) is 4.79 Å². The van der Waals surface area contributed by atoms with Crippen LogP contribution in [-0.4, -0.2) is 15.4 Å². The molecule has 0 aromatic carbocycles. The highest BCUT2D eigenvalue weighted by Crippen LogP contribution is 2.23. The van der Waals surface area contributed by atoms with Gasteiger partial charge in [0, 0.05) is 5.39 Å². The van der Waals surface area contributed by atoms with Crippen LogP contribution in [0.1, 0.15) is 9.67 Å². The summed E-state index contributed by atoms with van der Waals surface area (Å²) < 4.78 is 0. The lowest BCUT2D eigenvalue weighted by molar-refractivity contribution is 0.108. The molecule has 2 rings (SSSR count). The van der Waals surface area contributed by atoms with Gasteiger partial charge in [-0.1, -0.05) is 0 Å². The van der Waals surface area contributed by atoms with Gasteiger partial charge in [-0.25, -0.2) is 0 Å². The van der Waals surface area contributed by atoms with E-state index in [1.54, 1.807) is 12.3 Å². The monoisotopic (exact) mass is 186 g/mol. The van der Waals surface area contributed by atoms with Crippen molar-refractivity contribution in [3.05, 3.63) is 17.1 Å². The minimum absolute atomic E-state index is 0.417. The predicted octanol–water partition coefficient (Wildman–Crippen LogP) is 2.00. The molecule has 3 nitrogen and oxygen atoms in total.